The molecule has 2 rings (SSSR count). The lowest BCUT2D eigenvalue weighted by Gasteiger charge is -2.29. The minimum atomic E-state index is -4.64. The molecule has 1 amide bonds. The fourth-order valence-corrected chi connectivity index (χ4v) is 2.44. The summed E-state index contributed by atoms with van der Waals surface area (Å²) >= 11 is 5.68. The number of ether oxygens (including phenoxy) is 1. The molecule has 0 bridgehead atoms. The van der Waals surface area contributed by atoms with Crippen LogP contribution in [0.4, 0.5) is 13.2 Å². The molecule has 0 saturated carbocycles. The molecule has 118 valence electrons. The number of amides is 1. The molecule has 5 nitrogen and oxygen atoms in total. The zero-order valence-corrected chi connectivity index (χ0v) is 12.3. The molecule has 1 unspecified atom stereocenters. The average molecular weight is 326 g/mol. The van der Waals surface area contributed by atoms with Crippen LogP contribution in [0.5, 0.6) is 0 Å². The SMILES string of the molecule is Cc1c(Cl)c(C(F)(F)F)nn1C(C)C(=O)N1CCOCC1. The van der Waals surface area contributed by atoms with E-state index < -0.39 is 22.9 Å². The predicted molar refractivity (Wildman–Crippen MR) is 69.1 cm³/mol. The van der Waals surface area contributed by atoms with Crippen LogP contribution in [0.25, 0.3) is 0 Å². The molecule has 1 saturated heterocycles. The summed E-state index contributed by atoms with van der Waals surface area (Å²) < 4.78 is 44.5. The molecular formula is C12H15ClF3N3O2. The minimum absolute atomic E-state index is 0.123. The standard InChI is InChI=1S/C12H15ClF3N3O2/c1-7-9(13)10(12(14,15)16)17-19(7)8(2)11(20)18-3-5-21-6-4-18/h8H,3-6H2,1-2H3. The Labute approximate surface area is 124 Å². The van der Waals surface area contributed by atoms with Gasteiger partial charge in [0.1, 0.15) is 6.04 Å². The zero-order chi connectivity index (χ0) is 15.8. The first-order valence-electron chi connectivity index (χ1n) is 6.41. The Hall–Kier alpha value is -1.28. The number of aromatic nitrogens is 2. The summed E-state index contributed by atoms with van der Waals surface area (Å²) in [6, 6.07) is -0.850. The first-order valence-corrected chi connectivity index (χ1v) is 6.79. The van der Waals surface area contributed by atoms with Crippen LogP contribution in [0.2, 0.25) is 5.02 Å². The van der Waals surface area contributed by atoms with Crippen LogP contribution in [0, 0.1) is 6.92 Å². The summed E-state index contributed by atoms with van der Waals surface area (Å²) in [5.74, 6) is -0.297. The number of carbonyl (C=O) groups excluding carboxylic acids is 1. The van der Waals surface area contributed by atoms with Gasteiger partial charge in [0.15, 0.2) is 5.69 Å². The van der Waals surface area contributed by atoms with E-state index in [2.05, 4.69) is 5.10 Å². The fourth-order valence-electron chi connectivity index (χ4n) is 2.21. The van der Waals surface area contributed by atoms with Gasteiger partial charge in [0.25, 0.3) is 0 Å². The lowest BCUT2D eigenvalue weighted by molar-refractivity contribution is -0.143. The van der Waals surface area contributed by atoms with Crippen molar-refractivity contribution in [2.75, 3.05) is 26.3 Å². The second-order valence-electron chi connectivity index (χ2n) is 4.80. The van der Waals surface area contributed by atoms with Gasteiger partial charge in [-0.15, -0.1) is 0 Å². The number of rotatable bonds is 2. The third kappa shape index (κ3) is 3.16. The number of carbonyl (C=O) groups is 1. The van der Waals surface area contributed by atoms with Gasteiger partial charge in [-0.05, 0) is 13.8 Å². The average Bonchev–Trinajstić information content (AvgIpc) is 2.74. The van der Waals surface area contributed by atoms with Crippen LogP contribution in [0.3, 0.4) is 0 Å². The molecule has 0 radical (unpaired) electrons. The summed E-state index contributed by atoms with van der Waals surface area (Å²) in [6.45, 7) is 4.60. The molecule has 1 aliphatic heterocycles. The van der Waals surface area contributed by atoms with E-state index in [0.717, 1.165) is 4.68 Å². The Morgan fingerprint density at radius 1 is 1.38 bits per heavy atom. The number of hydrogen-bond acceptors (Lipinski definition) is 3. The molecule has 1 atom stereocenters. The second-order valence-corrected chi connectivity index (χ2v) is 5.18. The summed E-state index contributed by atoms with van der Waals surface area (Å²) in [6.07, 6.45) is -4.64. The first-order chi connectivity index (χ1) is 9.73. The van der Waals surface area contributed by atoms with Gasteiger partial charge < -0.3 is 9.64 Å². The van der Waals surface area contributed by atoms with Crippen molar-refractivity contribution in [3.63, 3.8) is 0 Å². The van der Waals surface area contributed by atoms with Crippen LogP contribution in [0.1, 0.15) is 24.4 Å². The van der Waals surface area contributed by atoms with Gasteiger partial charge in [-0.3, -0.25) is 9.48 Å². The van der Waals surface area contributed by atoms with Crippen LogP contribution in [-0.4, -0.2) is 46.9 Å². The molecule has 1 aliphatic rings. The molecule has 21 heavy (non-hydrogen) atoms. The quantitative estimate of drug-likeness (QED) is 0.838. The maximum atomic E-state index is 12.8. The highest BCUT2D eigenvalue weighted by Gasteiger charge is 2.39. The summed E-state index contributed by atoms with van der Waals surface area (Å²) in [4.78, 5) is 13.9. The van der Waals surface area contributed by atoms with Gasteiger partial charge in [0, 0.05) is 13.1 Å². The predicted octanol–water partition coefficient (Wildman–Crippen LogP) is 2.28. The van der Waals surface area contributed by atoms with Crippen LogP contribution in [-0.2, 0) is 15.7 Å². The van der Waals surface area contributed by atoms with E-state index in [1.165, 1.54) is 13.8 Å². The molecule has 1 aromatic heterocycles. The van der Waals surface area contributed by atoms with Crippen molar-refractivity contribution < 1.29 is 22.7 Å². The van der Waals surface area contributed by atoms with Crippen LogP contribution < -0.4 is 0 Å². The monoisotopic (exact) mass is 325 g/mol. The normalized spacial score (nSPS) is 17.9. The molecule has 0 aromatic carbocycles. The Balaban J connectivity index is 2.27. The second kappa shape index (κ2) is 5.84. The molecule has 1 aromatic rings. The summed E-state index contributed by atoms with van der Waals surface area (Å²) in [5, 5.41) is 3.01. The maximum absolute atomic E-state index is 12.8. The minimum Gasteiger partial charge on any atom is -0.378 e. The van der Waals surface area contributed by atoms with Crippen LogP contribution in [0.15, 0.2) is 0 Å². The van der Waals surface area contributed by atoms with E-state index in [-0.39, 0.29) is 11.6 Å². The van der Waals surface area contributed by atoms with E-state index >= 15 is 0 Å². The lowest BCUT2D eigenvalue weighted by Crippen LogP contribution is -2.44. The van der Waals surface area contributed by atoms with E-state index in [1.807, 2.05) is 0 Å². The Morgan fingerprint density at radius 3 is 2.43 bits per heavy atom. The Bertz CT molecular complexity index is 539. The third-order valence-corrected chi connectivity index (χ3v) is 3.84. The maximum Gasteiger partial charge on any atom is 0.436 e. The molecule has 0 N–H and O–H groups in total. The van der Waals surface area contributed by atoms with Crippen molar-refractivity contribution in [3.8, 4) is 0 Å². The smallest absolute Gasteiger partial charge is 0.378 e. The lowest BCUT2D eigenvalue weighted by atomic mass is 10.2. The number of nitrogens with zero attached hydrogens (tertiary/aromatic N) is 3. The van der Waals surface area contributed by atoms with E-state index in [9.17, 15) is 18.0 Å². The van der Waals surface area contributed by atoms with Crippen molar-refractivity contribution in [2.24, 2.45) is 0 Å². The highest BCUT2D eigenvalue weighted by Crippen LogP contribution is 2.36. The fraction of sp³-hybridized carbons (Fsp3) is 0.667. The Morgan fingerprint density at radius 2 is 1.95 bits per heavy atom. The number of morpholine rings is 1. The van der Waals surface area contributed by atoms with E-state index in [0.29, 0.717) is 26.3 Å². The Kier molecular flexibility index (Phi) is 4.48. The van der Waals surface area contributed by atoms with E-state index in [1.54, 1.807) is 4.90 Å². The highest BCUT2D eigenvalue weighted by atomic mass is 35.5. The van der Waals surface area contributed by atoms with E-state index in [4.69, 9.17) is 16.3 Å². The summed E-state index contributed by atoms with van der Waals surface area (Å²) in [5.41, 5.74) is -1.04. The largest absolute Gasteiger partial charge is 0.436 e. The first kappa shape index (κ1) is 16.1. The number of halogens is 4. The van der Waals surface area contributed by atoms with Gasteiger partial charge >= 0.3 is 6.18 Å². The van der Waals surface area contributed by atoms with Crippen molar-refractivity contribution in [1.82, 2.24) is 14.7 Å². The van der Waals surface area contributed by atoms with Crippen molar-refractivity contribution in [1.29, 1.82) is 0 Å². The highest BCUT2D eigenvalue weighted by molar-refractivity contribution is 6.32. The molecule has 2 heterocycles. The topological polar surface area (TPSA) is 47.4 Å². The number of hydrogen-bond donors (Lipinski definition) is 0. The van der Waals surface area contributed by atoms with Crippen molar-refractivity contribution >= 4 is 17.5 Å². The third-order valence-electron chi connectivity index (χ3n) is 3.39. The van der Waals surface area contributed by atoms with Crippen molar-refractivity contribution in [3.05, 3.63) is 16.4 Å². The molecular weight excluding hydrogens is 311 g/mol. The molecule has 0 aliphatic carbocycles. The van der Waals surface area contributed by atoms with Gasteiger partial charge in [0.05, 0.1) is 23.9 Å². The van der Waals surface area contributed by atoms with Gasteiger partial charge in [-0.1, -0.05) is 11.6 Å². The van der Waals surface area contributed by atoms with Gasteiger partial charge in [-0.2, -0.15) is 18.3 Å². The van der Waals surface area contributed by atoms with Gasteiger partial charge in [0.2, 0.25) is 5.91 Å². The number of alkyl halides is 3. The molecule has 9 heteroatoms. The molecule has 0 spiro atoms. The van der Waals surface area contributed by atoms with Gasteiger partial charge in [-0.25, -0.2) is 0 Å². The zero-order valence-electron chi connectivity index (χ0n) is 11.6. The molecule has 1 fully saturated rings. The van der Waals surface area contributed by atoms with Crippen LogP contribution >= 0.6 is 11.6 Å². The van der Waals surface area contributed by atoms with Crippen molar-refractivity contribution in [2.45, 2.75) is 26.1 Å². The summed E-state index contributed by atoms with van der Waals surface area (Å²) in [7, 11) is 0.